The second-order valence-electron chi connectivity index (χ2n) is 4.47. The highest BCUT2D eigenvalue weighted by Gasteiger charge is 2.45. The molecule has 1 aliphatic carbocycles. The Balaban J connectivity index is 1.99. The van der Waals surface area contributed by atoms with Gasteiger partial charge < -0.3 is 4.90 Å². The zero-order valence-electron chi connectivity index (χ0n) is 7.77. The summed E-state index contributed by atoms with van der Waals surface area (Å²) in [5, 5.41) is 0. The number of hydrogen-bond donors (Lipinski definition) is 0. The minimum atomic E-state index is 0.787. The van der Waals surface area contributed by atoms with E-state index in [4.69, 9.17) is 0 Å². The van der Waals surface area contributed by atoms with E-state index in [1.807, 2.05) is 0 Å². The predicted octanol–water partition coefficient (Wildman–Crippen LogP) is 2.27. The second kappa shape index (κ2) is 2.48. The molecule has 64 valence electrons. The predicted molar refractivity (Wildman–Crippen MR) is 47.6 cm³/mol. The Bertz CT molecular complexity index is 149. The summed E-state index contributed by atoms with van der Waals surface area (Å²) < 4.78 is 0. The van der Waals surface area contributed by atoms with E-state index in [9.17, 15) is 0 Å². The lowest BCUT2D eigenvalue weighted by molar-refractivity contribution is 0.140. The lowest BCUT2D eigenvalue weighted by atomic mass is 9.68. The summed E-state index contributed by atoms with van der Waals surface area (Å²) in [4.78, 5) is 2.64. The van der Waals surface area contributed by atoms with Crippen LogP contribution in [0.1, 0.15) is 39.5 Å². The van der Waals surface area contributed by atoms with Gasteiger partial charge >= 0.3 is 0 Å². The van der Waals surface area contributed by atoms with Crippen LogP contribution in [0.2, 0.25) is 0 Å². The maximum absolute atomic E-state index is 2.64. The third-order valence-electron chi connectivity index (χ3n) is 3.71. The first-order chi connectivity index (χ1) is 5.26. The smallest absolute Gasteiger partial charge is 0.00728 e. The summed E-state index contributed by atoms with van der Waals surface area (Å²) in [5.74, 6) is 0. The van der Waals surface area contributed by atoms with Gasteiger partial charge in [-0.1, -0.05) is 13.3 Å². The van der Waals surface area contributed by atoms with Crippen molar-refractivity contribution >= 4 is 0 Å². The van der Waals surface area contributed by atoms with Crippen molar-refractivity contribution in [2.24, 2.45) is 5.41 Å². The van der Waals surface area contributed by atoms with Gasteiger partial charge in [-0.15, -0.1) is 0 Å². The largest absolute Gasteiger partial charge is 0.300 e. The molecule has 2 fully saturated rings. The summed E-state index contributed by atoms with van der Waals surface area (Å²) in [7, 11) is 0. The van der Waals surface area contributed by atoms with E-state index in [0.717, 1.165) is 11.5 Å². The van der Waals surface area contributed by atoms with Crippen molar-refractivity contribution < 1.29 is 0 Å². The molecule has 1 spiro atoms. The topological polar surface area (TPSA) is 3.24 Å². The minimum absolute atomic E-state index is 0.787. The third kappa shape index (κ3) is 1.10. The van der Waals surface area contributed by atoms with Gasteiger partial charge in [-0.2, -0.15) is 0 Å². The highest BCUT2D eigenvalue weighted by atomic mass is 15.2. The van der Waals surface area contributed by atoms with Crippen molar-refractivity contribution in [2.75, 3.05) is 13.1 Å². The number of nitrogens with zero attached hydrogens (tertiary/aromatic N) is 1. The molecule has 2 aliphatic rings. The zero-order valence-corrected chi connectivity index (χ0v) is 7.77. The van der Waals surface area contributed by atoms with Gasteiger partial charge in [-0.25, -0.2) is 0 Å². The molecule has 1 unspecified atom stereocenters. The maximum Gasteiger partial charge on any atom is 0.00728 e. The summed E-state index contributed by atoms with van der Waals surface area (Å²) in [5.41, 5.74) is 0.787. The molecule has 0 N–H and O–H groups in total. The first-order valence-electron chi connectivity index (χ1n) is 5.00. The summed E-state index contributed by atoms with van der Waals surface area (Å²) >= 11 is 0. The molecule has 11 heavy (non-hydrogen) atoms. The van der Waals surface area contributed by atoms with Gasteiger partial charge in [-0.3, -0.25) is 0 Å². The van der Waals surface area contributed by atoms with E-state index in [2.05, 4.69) is 18.7 Å². The van der Waals surface area contributed by atoms with Crippen LogP contribution in [0.4, 0.5) is 0 Å². The fraction of sp³-hybridized carbons (Fsp3) is 1.00. The van der Waals surface area contributed by atoms with Gasteiger partial charge in [0.1, 0.15) is 0 Å². The van der Waals surface area contributed by atoms with E-state index in [0.29, 0.717) is 0 Å². The Labute approximate surface area is 69.8 Å². The van der Waals surface area contributed by atoms with Crippen molar-refractivity contribution in [1.82, 2.24) is 4.90 Å². The molecule has 0 aromatic heterocycles. The highest BCUT2D eigenvalue weighted by Crippen LogP contribution is 2.49. The van der Waals surface area contributed by atoms with Gasteiger partial charge in [0.05, 0.1) is 0 Å². The van der Waals surface area contributed by atoms with Gasteiger partial charge in [0.2, 0.25) is 0 Å². The lowest BCUT2D eigenvalue weighted by Crippen LogP contribution is -2.33. The molecule has 0 aromatic rings. The number of likely N-dealkylation sites (tertiary alicyclic amines) is 1. The van der Waals surface area contributed by atoms with E-state index in [1.165, 1.54) is 38.8 Å². The molecule has 1 nitrogen and oxygen atoms in total. The fourth-order valence-corrected chi connectivity index (χ4v) is 2.87. The number of rotatable bonds is 1. The van der Waals surface area contributed by atoms with Gasteiger partial charge in [0.25, 0.3) is 0 Å². The average molecular weight is 153 g/mol. The quantitative estimate of drug-likeness (QED) is 0.558. The normalized spacial score (nSPS) is 36.0. The van der Waals surface area contributed by atoms with Crippen LogP contribution in [0.25, 0.3) is 0 Å². The molecule has 0 aromatic carbocycles. The lowest BCUT2D eigenvalue weighted by Gasteiger charge is -2.38. The van der Waals surface area contributed by atoms with Crippen molar-refractivity contribution in [2.45, 2.75) is 45.6 Å². The van der Waals surface area contributed by atoms with Crippen LogP contribution >= 0.6 is 0 Å². The fourth-order valence-electron chi connectivity index (χ4n) is 2.87. The van der Waals surface area contributed by atoms with Crippen LogP contribution in [0, 0.1) is 5.41 Å². The van der Waals surface area contributed by atoms with Gasteiger partial charge in [0.15, 0.2) is 0 Å². The van der Waals surface area contributed by atoms with Crippen molar-refractivity contribution in [3.05, 3.63) is 0 Å². The molecule has 1 atom stereocenters. The molecule has 1 saturated carbocycles. The molecule has 0 radical (unpaired) electrons. The molecular formula is C10H19N. The Hall–Kier alpha value is -0.0400. The van der Waals surface area contributed by atoms with Crippen molar-refractivity contribution in [1.29, 1.82) is 0 Å². The van der Waals surface area contributed by atoms with Crippen molar-refractivity contribution in [3.8, 4) is 0 Å². The van der Waals surface area contributed by atoms with Crippen LogP contribution < -0.4 is 0 Å². The van der Waals surface area contributed by atoms with E-state index in [-0.39, 0.29) is 0 Å². The summed E-state index contributed by atoms with van der Waals surface area (Å²) in [6.45, 7) is 7.32. The highest BCUT2D eigenvalue weighted by molar-refractivity contribution is 4.98. The Morgan fingerprint density at radius 3 is 2.45 bits per heavy atom. The van der Waals surface area contributed by atoms with E-state index in [1.54, 1.807) is 0 Å². The zero-order chi connectivity index (χ0) is 7.90. The van der Waals surface area contributed by atoms with Crippen LogP contribution in [-0.4, -0.2) is 24.0 Å². The molecular weight excluding hydrogens is 134 g/mol. The molecule has 0 amide bonds. The van der Waals surface area contributed by atoms with Gasteiger partial charge in [0, 0.05) is 12.6 Å². The van der Waals surface area contributed by atoms with Crippen LogP contribution in [0.3, 0.4) is 0 Å². The molecule has 1 aliphatic heterocycles. The molecule has 0 bridgehead atoms. The standard InChI is InChI=1S/C10H19N/c1-3-11-8-10(5-4-6-10)7-9(11)2/h9H,3-8H2,1-2H3. The van der Waals surface area contributed by atoms with Gasteiger partial charge in [-0.05, 0) is 38.1 Å². The Kier molecular flexibility index (Phi) is 1.71. The molecule has 1 heteroatoms. The maximum atomic E-state index is 2.64. The first-order valence-corrected chi connectivity index (χ1v) is 5.00. The first kappa shape index (κ1) is 7.60. The third-order valence-corrected chi connectivity index (χ3v) is 3.71. The molecule has 2 rings (SSSR count). The average Bonchev–Trinajstić information content (AvgIpc) is 2.26. The molecule has 1 saturated heterocycles. The van der Waals surface area contributed by atoms with Crippen LogP contribution in [0.15, 0.2) is 0 Å². The Morgan fingerprint density at radius 2 is 2.18 bits per heavy atom. The van der Waals surface area contributed by atoms with Crippen molar-refractivity contribution in [3.63, 3.8) is 0 Å². The van der Waals surface area contributed by atoms with E-state index < -0.39 is 0 Å². The Morgan fingerprint density at radius 1 is 1.45 bits per heavy atom. The minimum Gasteiger partial charge on any atom is -0.300 e. The monoisotopic (exact) mass is 153 g/mol. The second-order valence-corrected chi connectivity index (χ2v) is 4.47. The van der Waals surface area contributed by atoms with Crippen LogP contribution in [-0.2, 0) is 0 Å². The van der Waals surface area contributed by atoms with E-state index >= 15 is 0 Å². The molecule has 1 heterocycles. The SMILES string of the molecule is CCN1CC2(CCC2)CC1C. The van der Waals surface area contributed by atoms with Crippen LogP contribution in [0.5, 0.6) is 0 Å². The summed E-state index contributed by atoms with van der Waals surface area (Å²) in [6.07, 6.45) is 5.98. The number of hydrogen-bond acceptors (Lipinski definition) is 1. The summed E-state index contributed by atoms with van der Waals surface area (Å²) in [6, 6.07) is 0.861.